The second kappa shape index (κ2) is 29.1. The molecule has 0 unspecified atom stereocenters. The number of ether oxygens (including phenoxy) is 13. The van der Waals surface area contributed by atoms with Crippen LogP contribution in [0.25, 0.3) is 6.08 Å². The lowest BCUT2D eigenvalue weighted by Gasteiger charge is -2.71. The third kappa shape index (κ3) is 13.3. The minimum atomic E-state index is -2.05. The molecule has 558 valence electrons. The Hall–Kier alpha value is -4.17. The zero-order chi connectivity index (χ0) is 72.0. The van der Waals surface area contributed by atoms with Crippen molar-refractivity contribution in [3.8, 4) is 11.5 Å². The van der Waals surface area contributed by atoms with Crippen LogP contribution in [-0.4, -0.2) is 277 Å². The molecule has 99 heavy (non-hydrogen) atoms. The van der Waals surface area contributed by atoms with E-state index in [0.717, 1.165) is 11.6 Å². The Morgan fingerprint density at radius 2 is 1.20 bits per heavy atom. The van der Waals surface area contributed by atoms with Crippen molar-refractivity contribution in [1.82, 2.24) is 0 Å². The summed E-state index contributed by atoms with van der Waals surface area (Å²) in [6, 6.07) is 4.92. The molecule has 0 bridgehead atoms. The molecule has 32 atom stereocenters. The van der Waals surface area contributed by atoms with Crippen LogP contribution >= 0.6 is 0 Å². The number of hydrogen-bond donors (Lipinski definition) is 14. The number of benzene rings is 1. The number of hydrogen-bond acceptors (Lipinski definition) is 29. The summed E-state index contributed by atoms with van der Waals surface area (Å²) in [7, 11) is 2.92. The quantitative estimate of drug-likeness (QED) is 0.0379. The normalized spacial score (nSPS) is 48.2. The molecule has 9 fully saturated rings. The zero-order valence-corrected chi connectivity index (χ0v) is 57.2. The maximum Gasteiger partial charge on any atom is 0.331 e. The second-order valence-corrected chi connectivity index (χ2v) is 30.7. The van der Waals surface area contributed by atoms with Crippen LogP contribution in [0.2, 0.25) is 0 Å². The number of fused-ring (bicyclic) bond motifs is 7. The summed E-state index contributed by atoms with van der Waals surface area (Å²) >= 11 is 0. The Bertz CT molecular complexity index is 3090. The van der Waals surface area contributed by atoms with E-state index in [1.807, 2.05) is 0 Å². The number of aliphatic carboxylic acids is 1. The van der Waals surface area contributed by atoms with E-state index < -0.39 is 224 Å². The van der Waals surface area contributed by atoms with Gasteiger partial charge in [0.25, 0.3) is 0 Å². The van der Waals surface area contributed by atoms with Gasteiger partial charge in [0, 0.05) is 11.5 Å². The Morgan fingerprint density at radius 1 is 0.586 bits per heavy atom. The van der Waals surface area contributed by atoms with Gasteiger partial charge in [-0.25, -0.2) is 4.79 Å². The minimum absolute atomic E-state index is 0.200. The number of aliphatic hydroxyl groups excluding tert-OH is 13. The average molecular weight is 1410 g/mol. The zero-order valence-electron chi connectivity index (χ0n) is 57.2. The van der Waals surface area contributed by atoms with Crippen LogP contribution in [0.5, 0.6) is 11.5 Å². The number of aliphatic hydroxyl groups is 13. The molecule has 0 radical (unpaired) electrons. The van der Waals surface area contributed by atoms with E-state index in [-0.39, 0.29) is 30.8 Å². The highest BCUT2D eigenvalue weighted by Gasteiger charge is 2.73. The van der Waals surface area contributed by atoms with Crippen LogP contribution in [0.4, 0.5) is 0 Å². The van der Waals surface area contributed by atoms with Crippen molar-refractivity contribution < 1.29 is 147 Å². The first kappa shape index (κ1) is 76.0. The van der Waals surface area contributed by atoms with Crippen LogP contribution in [-0.2, 0) is 66.5 Å². The maximum atomic E-state index is 15.9. The van der Waals surface area contributed by atoms with Crippen molar-refractivity contribution in [3.63, 3.8) is 0 Å². The monoisotopic (exact) mass is 1410 g/mol. The van der Waals surface area contributed by atoms with E-state index in [9.17, 15) is 81.1 Å². The number of esters is 2. The molecule has 30 nitrogen and oxygen atoms in total. The van der Waals surface area contributed by atoms with E-state index in [0.29, 0.717) is 68.4 Å². The first-order valence-corrected chi connectivity index (χ1v) is 34.5. The van der Waals surface area contributed by atoms with Crippen molar-refractivity contribution in [2.45, 2.75) is 260 Å². The molecule has 5 heterocycles. The lowest BCUT2D eigenvalue weighted by Crippen LogP contribution is -2.68. The third-order valence-electron chi connectivity index (χ3n) is 24.8. The van der Waals surface area contributed by atoms with Gasteiger partial charge in [-0.3, -0.25) is 9.59 Å². The van der Waals surface area contributed by atoms with Gasteiger partial charge in [-0.15, -0.1) is 0 Å². The molecule has 0 amide bonds. The molecule has 10 aliphatic rings. The molecule has 11 rings (SSSR count). The molecular formula is C69H102O30. The molecule has 5 aliphatic heterocycles. The van der Waals surface area contributed by atoms with Crippen molar-refractivity contribution in [2.24, 2.45) is 50.2 Å². The van der Waals surface area contributed by atoms with E-state index in [2.05, 4.69) is 33.8 Å². The molecule has 0 spiro atoms. The molecule has 14 N–H and O–H groups in total. The fourth-order valence-electron chi connectivity index (χ4n) is 18.9. The molecule has 4 saturated carbocycles. The van der Waals surface area contributed by atoms with Crippen molar-refractivity contribution in [2.75, 3.05) is 40.6 Å². The Labute approximate surface area is 573 Å². The average Bonchev–Trinajstić information content (AvgIpc) is 0.671. The fraction of sp³-hybridized carbons (Fsp3) is 0.812. The largest absolute Gasteiger partial charge is 0.493 e. The van der Waals surface area contributed by atoms with Gasteiger partial charge < -0.3 is 133 Å². The molecule has 30 heteroatoms. The van der Waals surface area contributed by atoms with Gasteiger partial charge in [0.1, 0.15) is 85.5 Å². The fourth-order valence-corrected chi connectivity index (χ4v) is 18.9. The first-order valence-electron chi connectivity index (χ1n) is 34.5. The number of carboxylic acid groups (broad SMARTS) is 1. The van der Waals surface area contributed by atoms with Gasteiger partial charge in [0.05, 0.1) is 69.8 Å². The number of rotatable bonds is 18. The summed E-state index contributed by atoms with van der Waals surface area (Å²) in [6.45, 7) is 11.1. The highest BCUT2D eigenvalue weighted by atomic mass is 16.8. The molecule has 5 saturated heterocycles. The number of allylic oxidation sites excluding steroid dienone is 1. The predicted molar refractivity (Wildman–Crippen MR) is 336 cm³/mol. The first-order chi connectivity index (χ1) is 46.7. The Balaban J connectivity index is 0.856. The van der Waals surface area contributed by atoms with Crippen LogP contribution in [0.3, 0.4) is 0 Å². The SMILES string of the molecule is COc1ccc(/C=C\C(=O)O[C@@H]2[C@H](O)[C@@H](O[C@@H]3O[C@@H](C)[C@H](O[C@@H]4OC[C@@H](O)[C@H](O[C@@H]5OC[C@H](O)[C@H](O)[C@H]5O)[C@H]4O)[C@@H](O)[C@H]3O)[C@H](OC(=O)[C@]34CCC(C)(C)C[C@@H]3C3=CC[C@@H]5[C@@]6(C)CC[C@H](O[C@@H]7O[C@H](CO)[C@@H](O)[C@H](O)[C@H]7O)[C@@](C)(C(=O)O)[C@@H]6CC[C@@]5(C)[C@]3(CO)CC4)O[C@@H]2C)cc1OC. The van der Waals surface area contributed by atoms with Gasteiger partial charge in [0.15, 0.2) is 48.9 Å². The number of carbonyl (C=O) groups excluding carboxylic acids is 2. The highest BCUT2D eigenvalue weighted by molar-refractivity contribution is 5.87. The molecular weight excluding hydrogens is 1310 g/mol. The second-order valence-electron chi connectivity index (χ2n) is 30.7. The van der Waals surface area contributed by atoms with Gasteiger partial charge in [-0.05, 0) is 143 Å². The van der Waals surface area contributed by atoms with Crippen molar-refractivity contribution >= 4 is 24.0 Å². The van der Waals surface area contributed by atoms with Crippen molar-refractivity contribution in [3.05, 3.63) is 41.5 Å². The minimum Gasteiger partial charge on any atom is -0.493 e. The number of methoxy groups -OCH3 is 2. The Kier molecular flexibility index (Phi) is 22.3. The summed E-state index contributed by atoms with van der Waals surface area (Å²) < 4.78 is 77.0. The summed E-state index contributed by atoms with van der Waals surface area (Å²) in [5.41, 5.74) is -4.05. The molecule has 0 aromatic heterocycles. The van der Waals surface area contributed by atoms with E-state index in [1.54, 1.807) is 25.1 Å². The van der Waals surface area contributed by atoms with E-state index in [4.69, 9.17) is 61.6 Å². The van der Waals surface area contributed by atoms with E-state index >= 15 is 4.79 Å². The summed E-state index contributed by atoms with van der Waals surface area (Å²) in [5, 5.41) is 155. The number of carboxylic acids is 1. The molecule has 1 aromatic carbocycles. The highest BCUT2D eigenvalue weighted by Crippen LogP contribution is 2.76. The van der Waals surface area contributed by atoms with Gasteiger partial charge in [-0.2, -0.15) is 0 Å². The summed E-state index contributed by atoms with van der Waals surface area (Å²) in [6.07, 6.45) is -30.7. The number of carbonyl (C=O) groups is 3. The van der Waals surface area contributed by atoms with Crippen LogP contribution in [0, 0.1) is 50.2 Å². The van der Waals surface area contributed by atoms with Gasteiger partial charge >= 0.3 is 17.9 Å². The predicted octanol–water partition coefficient (Wildman–Crippen LogP) is -0.559. The third-order valence-corrected chi connectivity index (χ3v) is 24.8. The van der Waals surface area contributed by atoms with Crippen LogP contribution in [0.1, 0.15) is 118 Å². The Morgan fingerprint density at radius 3 is 1.88 bits per heavy atom. The van der Waals surface area contributed by atoms with E-state index in [1.165, 1.54) is 34.1 Å². The van der Waals surface area contributed by atoms with Crippen molar-refractivity contribution in [1.29, 1.82) is 0 Å². The summed E-state index contributed by atoms with van der Waals surface area (Å²) in [4.78, 5) is 43.6. The molecule has 1 aromatic rings. The smallest absolute Gasteiger partial charge is 0.331 e. The lowest BCUT2D eigenvalue weighted by molar-refractivity contribution is -0.378. The maximum absolute atomic E-state index is 15.9. The van der Waals surface area contributed by atoms with Gasteiger partial charge in [0.2, 0.25) is 6.29 Å². The molecule has 5 aliphatic carbocycles. The topological polar surface area (TPSA) is 454 Å². The summed E-state index contributed by atoms with van der Waals surface area (Å²) in [5.74, 6) is -3.23. The van der Waals surface area contributed by atoms with Gasteiger partial charge in [-0.1, -0.05) is 45.4 Å². The van der Waals surface area contributed by atoms with Crippen LogP contribution < -0.4 is 9.47 Å². The standard InChI is InChI=1S/C69H102O30/c1-30-53(96-58-52(83)55(36(73)28-90-58)97-57-48(79)44(75)35(72)27-89-57)47(78)50(81)59(91-30)98-56-51(82)54(95-43(74)15-11-32-10-13-37(87-8)38(24-32)88-9)31(2)92-61(56)99-63(86)68-21-20-64(3,4)25-34(68)33-12-14-40-65(5)18-17-42(94-60-49(80)46(77)45(76)39(26-70)93-60)67(7,62(84)85)41(65)16-19-66(40,6)69(33,29-71)23-22-68/h10-13,15,24,30-31,34-36,39-42,44-61,70-73,75-83H,14,16-23,25-29H2,1-9H3,(H,84,85)/b15-11-/t30-,31+,34+,35-,36+,39+,40+,41+,42-,44-,45+,46-,47-,48+,49+,50+,51-,52+,53-,54-,55-,56+,57-,58-,59-,60-,61-,65+,66+,67-,68-,69-/m0/s1. The van der Waals surface area contributed by atoms with Crippen LogP contribution in [0.15, 0.2) is 35.9 Å². The lowest BCUT2D eigenvalue weighted by atomic mass is 9.33.